The first-order valence-electron chi connectivity index (χ1n) is 6.12. The third-order valence-corrected chi connectivity index (χ3v) is 3.33. The molecule has 0 amide bonds. The van der Waals surface area contributed by atoms with Gasteiger partial charge in [0.25, 0.3) is 0 Å². The van der Waals surface area contributed by atoms with Gasteiger partial charge in [0.05, 0.1) is 18.0 Å². The molecule has 0 aromatic carbocycles. The summed E-state index contributed by atoms with van der Waals surface area (Å²) < 4.78 is 3.62. The summed E-state index contributed by atoms with van der Waals surface area (Å²) in [5.41, 5.74) is 4.33. The summed E-state index contributed by atoms with van der Waals surface area (Å²) in [5.74, 6) is 0. The topological polar surface area (TPSA) is 55.9 Å². The van der Waals surface area contributed by atoms with Crippen molar-refractivity contribution in [2.24, 2.45) is 14.1 Å². The summed E-state index contributed by atoms with van der Waals surface area (Å²) in [4.78, 5) is 0. The highest BCUT2D eigenvalue weighted by Gasteiger charge is 2.15. The molecule has 2 aromatic heterocycles. The minimum atomic E-state index is -0.393. The second-order valence-electron chi connectivity index (χ2n) is 4.86. The van der Waals surface area contributed by atoms with E-state index in [2.05, 4.69) is 10.2 Å². The van der Waals surface area contributed by atoms with Crippen molar-refractivity contribution in [1.82, 2.24) is 19.6 Å². The zero-order valence-electron chi connectivity index (χ0n) is 11.4. The number of rotatable bonds is 4. The zero-order valence-corrected chi connectivity index (χ0v) is 11.4. The Morgan fingerprint density at radius 2 is 2.00 bits per heavy atom. The van der Waals surface area contributed by atoms with Crippen LogP contribution in [0.4, 0.5) is 0 Å². The summed E-state index contributed by atoms with van der Waals surface area (Å²) in [5, 5.41) is 18.6. The minimum Gasteiger partial charge on any atom is -0.392 e. The lowest BCUT2D eigenvalue weighted by Gasteiger charge is -2.09. The first-order chi connectivity index (χ1) is 8.47. The number of hydrogen-bond acceptors (Lipinski definition) is 3. The van der Waals surface area contributed by atoms with Crippen molar-refractivity contribution in [3.63, 3.8) is 0 Å². The van der Waals surface area contributed by atoms with Crippen molar-refractivity contribution >= 4 is 0 Å². The van der Waals surface area contributed by atoms with Gasteiger partial charge < -0.3 is 5.11 Å². The molecular formula is C13H20N4O. The molecule has 0 aliphatic rings. The van der Waals surface area contributed by atoms with E-state index >= 15 is 0 Å². The molecule has 5 nitrogen and oxygen atoms in total. The predicted molar refractivity (Wildman–Crippen MR) is 69.3 cm³/mol. The van der Waals surface area contributed by atoms with Crippen LogP contribution in [-0.2, 0) is 26.9 Å². The highest BCUT2D eigenvalue weighted by atomic mass is 16.3. The normalized spacial score (nSPS) is 12.9. The van der Waals surface area contributed by atoms with Crippen LogP contribution in [0.15, 0.2) is 12.4 Å². The zero-order chi connectivity index (χ0) is 13.3. The number of aliphatic hydroxyl groups is 1. The van der Waals surface area contributed by atoms with Gasteiger partial charge in [-0.25, -0.2) is 0 Å². The molecule has 2 rings (SSSR count). The third-order valence-electron chi connectivity index (χ3n) is 3.33. The second kappa shape index (κ2) is 4.94. The lowest BCUT2D eigenvalue weighted by atomic mass is 10.0. The van der Waals surface area contributed by atoms with Gasteiger partial charge in [-0.1, -0.05) is 0 Å². The Morgan fingerprint density at radius 3 is 2.50 bits per heavy atom. The fraction of sp³-hybridized carbons (Fsp3) is 0.538. The van der Waals surface area contributed by atoms with E-state index in [-0.39, 0.29) is 0 Å². The summed E-state index contributed by atoms with van der Waals surface area (Å²) in [6.07, 6.45) is 4.61. The van der Waals surface area contributed by atoms with Crippen LogP contribution in [0.3, 0.4) is 0 Å². The highest BCUT2D eigenvalue weighted by Crippen LogP contribution is 2.16. The molecule has 1 N–H and O–H groups in total. The largest absolute Gasteiger partial charge is 0.392 e. The van der Waals surface area contributed by atoms with Crippen LogP contribution in [0.2, 0.25) is 0 Å². The van der Waals surface area contributed by atoms with Crippen molar-refractivity contribution in [1.29, 1.82) is 0 Å². The Hall–Kier alpha value is -1.62. The molecular weight excluding hydrogens is 228 g/mol. The Kier molecular flexibility index (Phi) is 3.52. The smallest absolute Gasteiger partial charge is 0.0629 e. The molecule has 0 aliphatic heterocycles. The molecule has 98 valence electrons. The van der Waals surface area contributed by atoms with Crippen molar-refractivity contribution in [3.05, 3.63) is 34.9 Å². The van der Waals surface area contributed by atoms with Crippen molar-refractivity contribution in [2.45, 2.75) is 32.8 Å². The standard InChI is InChI=1S/C13H20N4O/c1-9-13(10(2)17(4)15-9)6-12(18)5-11-7-14-16(3)8-11/h7-8,12,18H,5-6H2,1-4H3. The Balaban J connectivity index is 2.05. The molecule has 0 bridgehead atoms. The van der Waals surface area contributed by atoms with Crippen molar-refractivity contribution in [2.75, 3.05) is 0 Å². The molecule has 0 spiro atoms. The molecule has 1 atom stereocenters. The van der Waals surface area contributed by atoms with E-state index in [0.717, 1.165) is 22.5 Å². The van der Waals surface area contributed by atoms with E-state index in [9.17, 15) is 5.11 Å². The first kappa shape index (κ1) is 12.8. The summed E-state index contributed by atoms with van der Waals surface area (Å²) in [6, 6.07) is 0. The Bertz CT molecular complexity index is 541. The van der Waals surface area contributed by atoms with E-state index < -0.39 is 6.10 Å². The molecule has 1 unspecified atom stereocenters. The van der Waals surface area contributed by atoms with E-state index in [4.69, 9.17) is 0 Å². The van der Waals surface area contributed by atoms with Gasteiger partial charge in [-0.2, -0.15) is 10.2 Å². The van der Waals surface area contributed by atoms with Gasteiger partial charge in [0, 0.05) is 38.8 Å². The second-order valence-corrected chi connectivity index (χ2v) is 4.86. The van der Waals surface area contributed by atoms with E-state index in [0.29, 0.717) is 12.8 Å². The molecule has 2 heterocycles. The van der Waals surface area contributed by atoms with Gasteiger partial charge in [-0.05, 0) is 25.0 Å². The number of aryl methyl sites for hydroxylation is 3. The SMILES string of the molecule is Cc1nn(C)c(C)c1CC(O)Cc1cnn(C)c1. The van der Waals surface area contributed by atoms with E-state index in [1.807, 2.05) is 38.8 Å². The average Bonchev–Trinajstić information content (AvgIpc) is 2.78. The third kappa shape index (κ3) is 2.61. The lowest BCUT2D eigenvalue weighted by molar-refractivity contribution is 0.175. The maximum absolute atomic E-state index is 10.1. The van der Waals surface area contributed by atoms with Crippen LogP contribution in [0.5, 0.6) is 0 Å². The van der Waals surface area contributed by atoms with Gasteiger partial charge in [-0.3, -0.25) is 9.36 Å². The summed E-state index contributed by atoms with van der Waals surface area (Å²) in [7, 11) is 3.81. The number of aliphatic hydroxyl groups excluding tert-OH is 1. The number of aromatic nitrogens is 4. The van der Waals surface area contributed by atoms with Gasteiger partial charge in [-0.15, -0.1) is 0 Å². The first-order valence-corrected chi connectivity index (χ1v) is 6.12. The molecule has 2 aromatic rings. The van der Waals surface area contributed by atoms with Crippen molar-refractivity contribution < 1.29 is 5.11 Å². The molecule has 0 fully saturated rings. The molecule has 0 saturated heterocycles. The molecule has 18 heavy (non-hydrogen) atoms. The number of nitrogens with zero attached hydrogens (tertiary/aromatic N) is 4. The Morgan fingerprint density at radius 1 is 1.28 bits per heavy atom. The van der Waals surface area contributed by atoms with Gasteiger partial charge >= 0.3 is 0 Å². The van der Waals surface area contributed by atoms with Crippen LogP contribution >= 0.6 is 0 Å². The highest BCUT2D eigenvalue weighted by molar-refractivity contribution is 5.25. The fourth-order valence-corrected chi connectivity index (χ4v) is 2.27. The van der Waals surface area contributed by atoms with Gasteiger partial charge in [0.15, 0.2) is 0 Å². The lowest BCUT2D eigenvalue weighted by Crippen LogP contribution is -2.14. The fourth-order valence-electron chi connectivity index (χ4n) is 2.27. The quantitative estimate of drug-likeness (QED) is 0.875. The van der Waals surface area contributed by atoms with Crippen LogP contribution in [0.25, 0.3) is 0 Å². The van der Waals surface area contributed by atoms with Crippen LogP contribution in [-0.4, -0.2) is 30.8 Å². The van der Waals surface area contributed by atoms with E-state index in [1.54, 1.807) is 10.9 Å². The number of hydrogen-bond donors (Lipinski definition) is 1. The van der Waals surface area contributed by atoms with Crippen LogP contribution in [0.1, 0.15) is 22.5 Å². The summed E-state index contributed by atoms with van der Waals surface area (Å²) in [6.45, 7) is 4.02. The van der Waals surface area contributed by atoms with E-state index in [1.165, 1.54) is 0 Å². The molecule has 0 saturated carbocycles. The molecule has 0 radical (unpaired) electrons. The minimum absolute atomic E-state index is 0.393. The average molecular weight is 248 g/mol. The van der Waals surface area contributed by atoms with Gasteiger partial charge in [0.2, 0.25) is 0 Å². The van der Waals surface area contributed by atoms with Gasteiger partial charge in [0.1, 0.15) is 0 Å². The van der Waals surface area contributed by atoms with Crippen LogP contribution < -0.4 is 0 Å². The predicted octanol–water partition coefficient (Wildman–Crippen LogP) is 0.917. The maximum atomic E-state index is 10.1. The molecule has 0 aliphatic carbocycles. The summed E-state index contributed by atoms with van der Waals surface area (Å²) >= 11 is 0. The molecule has 5 heteroatoms. The monoisotopic (exact) mass is 248 g/mol. The van der Waals surface area contributed by atoms with Crippen molar-refractivity contribution in [3.8, 4) is 0 Å². The van der Waals surface area contributed by atoms with Crippen LogP contribution in [0, 0.1) is 13.8 Å². The maximum Gasteiger partial charge on any atom is 0.0629 e. The Labute approximate surface area is 107 Å².